The SMILES string of the molecule is [Fe+3].[Fe+3].[Mo].[O-2].[O-2].[O-2].[O]=[Mo](=[O])([O-])[O-].[O]=[Mo](=[O])([O-])[O-].[O]=[Mo](=[O])([O-])[O-]. The molecule has 0 N–H and O–H groups in total. The fraction of sp³-hybridized carbons (Fsp3) is 0. The molecule has 0 heterocycles. The molecule has 0 aromatic heterocycles. The third-order valence-electron chi connectivity index (χ3n) is 0. The van der Waals surface area contributed by atoms with E-state index in [1.165, 1.54) is 0 Å². The molecule has 0 amide bonds. The first kappa shape index (κ1) is 56.7. The van der Waals surface area contributed by atoms with Crippen LogP contribution in [0.25, 0.3) is 0 Å². The molecular formula is Fe2Mo4O15-6. The van der Waals surface area contributed by atoms with Gasteiger partial charge in [0, 0.05) is 21.1 Å². The summed E-state index contributed by atoms with van der Waals surface area (Å²) in [7, 11) is 0. The Balaban J connectivity index is -0.0000000129. The minimum atomic E-state index is -6.02. The topological polar surface area (TPSA) is 326 Å². The zero-order valence-electron chi connectivity index (χ0n) is 8.46. The van der Waals surface area contributed by atoms with Gasteiger partial charge in [-0.2, -0.15) is 0 Å². The van der Waals surface area contributed by atoms with Gasteiger partial charge in [-0.05, 0) is 0 Å². The average molecular weight is 735 g/mol. The van der Waals surface area contributed by atoms with Gasteiger partial charge in [-0.1, -0.05) is 0 Å². The zero-order valence-corrected chi connectivity index (χ0v) is 18.7. The summed E-state index contributed by atoms with van der Waals surface area (Å²) in [4.78, 5) is 0. The molecule has 0 rings (SSSR count). The van der Waals surface area contributed by atoms with Gasteiger partial charge >= 0.3 is 127 Å². The minimum absolute atomic E-state index is 0. The molecule has 0 fully saturated rings. The van der Waals surface area contributed by atoms with Crippen LogP contribution in [0, 0.1) is 0 Å². The summed E-state index contributed by atoms with van der Waals surface area (Å²) in [5, 5.41) is 0. The first-order chi connectivity index (χ1) is 6.00. The van der Waals surface area contributed by atoms with Gasteiger partial charge in [0.05, 0.1) is 0 Å². The summed E-state index contributed by atoms with van der Waals surface area (Å²) in [6.07, 6.45) is 0. The Morgan fingerprint density at radius 3 is 0.429 bits per heavy atom. The summed E-state index contributed by atoms with van der Waals surface area (Å²) in [6, 6.07) is 0. The summed E-state index contributed by atoms with van der Waals surface area (Å²) in [5.41, 5.74) is 0. The average Bonchev–Trinajstić information content (AvgIpc) is 1.41. The van der Waals surface area contributed by atoms with Gasteiger partial charge in [-0.15, -0.1) is 0 Å². The third-order valence-corrected chi connectivity index (χ3v) is 0. The first-order valence-corrected chi connectivity index (χ1v) is 11.8. The predicted molar refractivity (Wildman–Crippen MR) is 6.18 cm³/mol. The van der Waals surface area contributed by atoms with E-state index in [9.17, 15) is 0 Å². The first-order valence-electron chi connectivity index (χ1n) is 2.00. The molecule has 0 spiro atoms. The maximum absolute atomic E-state index is 8.63. The van der Waals surface area contributed by atoms with Crippen molar-refractivity contribution in [2.24, 2.45) is 0 Å². The van der Waals surface area contributed by atoms with Crippen LogP contribution >= 0.6 is 0 Å². The van der Waals surface area contributed by atoms with E-state index < -0.39 is 50.2 Å². The van der Waals surface area contributed by atoms with E-state index in [-0.39, 0.29) is 71.6 Å². The molecule has 0 aliphatic rings. The van der Waals surface area contributed by atoms with Crippen LogP contribution in [0.3, 0.4) is 0 Å². The van der Waals surface area contributed by atoms with Crippen LogP contribution in [0.4, 0.5) is 0 Å². The van der Waals surface area contributed by atoms with E-state index in [2.05, 4.69) is 0 Å². The Morgan fingerprint density at radius 1 is 0.429 bits per heavy atom. The summed E-state index contributed by atoms with van der Waals surface area (Å²) < 4.78 is 104. The molecule has 136 valence electrons. The van der Waals surface area contributed by atoms with Crippen molar-refractivity contribution in [1.29, 1.82) is 0 Å². The van der Waals surface area contributed by atoms with Gasteiger partial charge < -0.3 is 16.4 Å². The Morgan fingerprint density at radius 2 is 0.429 bits per heavy atom. The van der Waals surface area contributed by atoms with E-state index in [1.54, 1.807) is 0 Å². The van der Waals surface area contributed by atoms with Gasteiger partial charge in [0.15, 0.2) is 0 Å². The molecule has 15 nitrogen and oxygen atoms in total. The molecule has 0 unspecified atom stereocenters. The molecule has 0 aliphatic heterocycles. The van der Waals surface area contributed by atoms with Crippen LogP contribution < -0.4 is 22.6 Å². The van der Waals surface area contributed by atoms with Gasteiger partial charge in [-0.25, -0.2) is 0 Å². The van der Waals surface area contributed by atoms with Crippen LogP contribution in [0.15, 0.2) is 0 Å². The Bertz CT molecular complexity index is 345. The quantitative estimate of drug-likeness (QED) is 0.209. The van der Waals surface area contributed by atoms with Gasteiger partial charge in [0.1, 0.15) is 0 Å². The fourth-order valence-corrected chi connectivity index (χ4v) is 0. The molecular weight excluding hydrogens is 735 g/mol. The van der Waals surface area contributed by atoms with E-state index in [1.807, 2.05) is 0 Å². The number of rotatable bonds is 0. The third kappa shape index (κ3) is 1830. The normalized spacial score (nSPS) is 8.29. The molecule has 21 heteroatoms. The molecule has 0 aromatic rings. The Kier molecular flexibility index (Phi) is 66.1. The number of hydrogen-bond donors (Lipinski definition) is 0. The molecule has 0 saturated carbocycles. The van der Waals surface area contributed by atoms with E-state index in [0.29, 0.717) is 0 Å². The van der Waals surface area contributed by atoms with Crippen LogP contribution in [0.5, 0.6) is 0 Å². The van der Waals surface area contributed by atoms with Gasteiger partial charge in [-0.3, -0.25) is 0 Å². The van der Waals surface area contributed by atoms with Gasteiger partial charge in [0.2, 0.25) is 0 Å². The Hall–Kier alpha value is 2.23. The van der Waals surface area contributed by atoms with Crippen molar-refractivity contribution in [3.05, 3.63) is 0 Å². The zero-order chi connectivity index (χ0) is 13.5. The molecule has 0 saturated heterocycles. The molecule has 2 radical (unpaired) electrons. The van der Waals surface area contributed by atoms with Crippen LogP contribution in [-0.2, 0) is 142 Å². The Labute approximate surface area is 163 Å². The van der Waals surface area contributed by atoms with Crippen molar-refractivity contribution in [3.8, 4) is 0 Å². The second kappa shape index (κ2) is 24.5. The van der Waals surface area contributed by atoms with Crippen molar-refractivity contribution < 1.29 is 165 Å². The molecule has 0 atom stereocenters. The van der Waals surface area contributed by atoms with E-state index >= 15 is 0 Å². The second-order valence-corrected chi connectivity index (χ2v) is 7.25. The van der Waals surface area contributed by atoms with Crippen molar-refractivity contribution in [3.63, 3.8) is 0 Å². The van der Waals surface area contributed by atoms with Crippen LogP contribution in [0.2, 0.25) is 0 Å². The molecule has 0 aromatic carbocycles. The van der Waals surface area contributed by atoms with Gasteiger partial charge in [0.25, 0.3) is 0 Å². The van der Waals surface area contributed by atoms with Crippen molar-refractivity contribution in [2.75, 3.05) is 0 Å². The fourth-order valence-electron chi connectivity index (χ4n) is 0. The van der Waals surface area contributed by atoms with Crippen LogP contribution in [-0.4, -0.2) is 0 Å². The van der Waals surface area contributed by atoms with E-state index in [0.717, 1.165) is 0 Å². The second-order valence-electron chi connectivity index (χ2n) is 1.22. The van der Waals surface area contributed by atoms with Crippen molar-refractivity contribution in [1.82, 2.24) is 0 Å². The monoisotopic (exact) mass is 743 g/mol. The predicted octanol–water partition coefficient (Wildman–Crippen LogP) is -8.22. The standard InChI is InChI=1S/2Fe.4Mo.15O/q2*+3;;;;;;;;;;;3*-2;6*-1. The van der Waals surface area contributed by atoms with Crippen molar-refractivity contribution >= 4 is 0 Å². The summed E-state index contributed by atoms with van der Waals surface area (Å²) >= 11 is -18.1. The number of hydrogen-bond acceptors (Lipinski definition) is 12. The molecule has 21 heavy (non-hydrogen) atoms. The molecule has 0 bridgehead atoms. The summed E-state index contributed by atoms with van der Waals surface area (Å²) in [5.74, 6) is 0. The van der Waals surface area contributed by atoms with E-state index in [4.69, 9.17) is 42.9 Å². The van der Waals surface area contributed by atoms with Crippen molar-refractivity contribution in [2.45, 2.75) is 0 Å². The van der Waals surface area contributed by atoms with Crippen LogP contribution in [0.1, 0.15) is 0 Å². The maximum atomic E-state index is 8.63. The summed E-state index contributed by atoms with van der Waals surface area (Å²) in [6.45, 7) is 0. The molecule has 0 aliphatic carbocycles.